The van der Waals surface area contributed by atoms with Crippen LogP contribution in [-0.4, -0.2) is 23.9 Å². The summed E-state index contributed by atoms with van der Waals surface area (Å²) < 4.78 is 21.0. The minimum atomic E-state index is -1.85. The summed E-state index contributed by atoms with van der Waals surface area (Å²) >= 11 is 4.42. The summed E-state index contributed by atoms with van der Waals surface area (Å²) in [6.45, 7) is 13.1. The Balaban J connectivity index is -0.0000000412. The Hall–Kier alpha value is 0.689. The summed E-state index contributed by atoms with van der Waals surface area (Å²) in [7, 11) is 0. The van der Waals surface area contributed by atoms with E-state index < -0.39 is 6.08 Å². The largest absolute Gasteiger partial charge is 0.281 e. The predicted octanol–water partition coefficient (Wildman–Crippen LogP) is 7.00. The second kappa shape index (κ2) is 43.1. The molecule has 0 nitrogen and oxygen atoms in total. The van der Waals surface area contributed by atoms with E-state index in [4.69, 9.17) is 0 Å². The molecule has 0 atom stereocenters. The third kappa shape index (κ3) is 127. The third-order valence-corrected chi connectivity index (χ3v) is 1.75. The summed E-state index contributed by atoms with van der Waals surface area (Å²) in [5.41, 5.74) is 0.222. The van der Waals surface area contributed by atoms with Crippen molar-refractivity contribution in [3.8, 4) is 0 Å². The number of rotatable bonds is 3. The Kier molecular flexibility index (Phi) is 74.8. The molecule has 0 aliphatic heterocycles. The van der Waals surface area contributed by atoms with Gasteiger partial charge in [-0.15, -0.1) is 0 Å². The molecule has 0 saturated carbocycles. The van der Waals surface area contributed by atoms with Crippen LogP contribution in [0.15, 0.2) is 11.6 Å². The van der Waals surface area contributed by atoms with E-state index in [-0.39, 0.29) is 29.4 Å². The van der Waals surface area contributed by atoms with E-state index in [1.165, 1.54) is 38.5 Å². The zero-order valence-corrected chi connectivity index (χ0v) is 16.6. The van der Waals surface area contributed by atoms with Crippen molar-refractivity contribution >= 4 is 35.5 Å². The summed E-state index contributed by atoms with van der Waals surface area (Å²) in [5.74, 6) is 0. The Morgan fingerprint density at radius 2 is 0.833 bits per heavy atom. The van der Waals surface area contributed by atoms with Gasteiger partial charge in [0.25, 0.3) is 6.08 Å². The average molecular weight is 392 g/mol. The quantitative estimate of drug-likeness (QED) is 0.454. The molecule has 0 unspecified atom stereocenters. The maximum Gasteiger partial charge on any atom is 0.281 e. The van der Waals surface area contributed by atoms with Crippen LogP contribution < -0.4 is 0 Å². The van der Waals surface area contributed by atoms with E-state index >= 15 is 0 Å². The average Bonchev–Trinajstić information content (AvgIpc) is 2.39. The maximum absolute atomic E-state index is 10.5. The molecular formula is C14H31ClF2Sn. The molecule has 0 aliphatic rings. The molecule has 0 aromatic carbocycles. The molecule has 0 heterocycles. The Morgan fingerprint density at radius 1 is 0.722 bits per heavy atom. The molecule has 0 fully saturated rings. The van der Waals surface area contributed by atoms with Gasteiger partial charge in [-0.25, -0.2) is 0 Å². The van der Waals surface area contributed by atoms with Crippen LogP contribution in [0.25, 0.3) is 0 Å². The molecule has 112 valence electrons. The van der Waals surface area contributed by atoms with Crippen molar-refractivity contribution in [2.75, 3.05) is 0 Å². The normalized spacial score (nSPS) is 6.94. The number of hydrogen-bond acceptors (Lipinski definition) is 0. The van der Waals surface area contributed by atoms with Gasteiger partial charge in [0, 0.05) is 23.9 Å². The molecular weight excluding hydrogens is 360 g/mol. The minimum Gasteiger partial charge on any atom is -0.172 e. The van der Waals surface area contributed by atoms with Gasteiger partial charge >= 0.3 is 0 Å². The van der Waals surface area contributed by atoms with Crippen LogP contribution in [0.2, 0.25) is 0 Å². The van der Waals surface area contributed by atoms with E-state index in [1.54, 1.807) is 0 Å². The van der Waals surface area contributed by atoms with Crippen molar-refractivity contribution < 1.29 is 8.78 Å². The molecule has 0 aromatic heterocycles. The molecule has 18 heavy (non-hydrogen) atoms. The van der Waals surface area contributed by atoms with Crippen LogP contribution in [-0.2, 0) is 0 Å². The molecule has 0 bridgehead atoms. The van der Waals surface area contributed by atoms with Gasteiger partial charge in [-0.3, -0.25) is 0 Å². The van der Waals surface area contributed by atoms with Crippen molar-refractivity contribution in [2.45, 2.75) is 80.1 Å². The van der Waals surface area contributed by atoms with E-state index in [1.807, 2.05) is 0 Å². The number of unbranched alkanes of at least 4 members (excludes halogenated alkanes) is 3. The fourth-order valence-corrected chi connectivity index (χ4v) is 0. The van der Waals surface area contributed by atoms with Crippen LogP contribution in [0.3, 0.4) is 0 Å². The summed E-state index contributed by atoms with van der Waals surface area (Å²) in [6, 6.07) is 0. The number of halogens is 3. The first kappa shape index (κ1) is 31.2. The molecule has 0 amide bonds. The second-order valence-corrected chi connectivity index (χ2v) is 3.62. The minimum absolute atomic E-state index is 0. The van der Waals surface area contributed by atoms with Crippen LogP contribution >= 0.6 is 11.6 Å². The molecule has 4 heteroatoms. The van der Waals surface area contributed by atoms with Gasteiger partial charge in [-0.05, 0) is 0 Å². The van der Waals surface area contributed by atoms with Crippen LogP contribution in [0.1, 0.15) is 80.1 Å². The Morgan fingerprint density at radius 3 is 0.833 bits per heavy atom. The fourth-order valence-electron chi connectivity index (χ4n) is 0. The van der Waals surface area contributed by atoms with Gasteiger partial charge < -0.3 is 0 Å². The van der Waals surface area contributed by atoms with Gasteiger partial charge in [0.05, 0.1) is 5.54 Å². The van der Waals surface area contributed by atoms with Gasteiger partial charge in [-0.2, -0.15) is 8.78 Å². The Bertz CT molecular complexity index is 101. The van der Waals surface area contributed by atoms with Crippen LogP contribution in [0, 0.1) is 0 Å². The summed E-state index contributed by atoms with van der Waals surface area (Å²) in [6.07, 6.45) is 6.06. The summed E-state index contributed by atoms with van der Waals surface area (Å²) in [5, 5.41) is 0. The Labute approximate surface area is 136 Å². The molecule has 0 N–H and O–H groups in total. The van der Waals surface area contributed by atoms with Gasteiger partial charge in [0.2, 0.25) is 0 Å². The van der Waals surface area contributed by atoms with Gasteiger partial charge in [0.15, 0.2) is 0 Å². The zero-order valence-electron chi connectivity index (χ0n) is 13.0. The van der Waals surface area contributed by atoms with Crippen molar-refractivity contribution in [2.24, 2.45) is 0 Å². The van der Waals surface area contributed by atoms with Crippen LogP contribution in [0.5, 0.6) is 0 Å². The zero-order chi connectivity index (χ0) is 14.5. The first-order chi connectivity index (χ1) is 8.01. The number of hydrogen-bond donors (Lipinski definition) is 0. The predicted molar refractivity (Wildman–Crippen MR) is 83.7 cm³/mol. The van der Waals surface area contributed by atoms with E-state index in [2.05, 4.69) is 53.1 Å². The monoisotopic (exact) mass is 392 g/mol. The molecule has 0 spiro atoms. The van der Waals surface area contributed by atoms with Crippen molar-refractivity contribution in [3.05, 3.63) is 11.6 Å². The molecule has 4 radical (unpaired) electrons. The fraction of sp³-hybridized carbons (Fsp3) is 0.857. The van der Waals surface area contributed by atoms with E-state index in [0.29, 0.717) is 0 Å². The van der Waals surface area contributed by atoms with E-state index in [0.717, 1.165) is 0 Å². The first-order valence-electron chi connectivity index (χ1n) is 6.63. The van der Waals surface area contributed by atoms with Gasteiger partial charge in [0.1, 0.15) is 0 Å². The second-order valence-electron chi connectivity index (χ2n) is 3.40. The molecule has 0 aromatic rings. The maximum atomic E-state index is 10.5. The van der Waals surface area contributed by atoms with Gasteiger partial charge in [-0.1, -0.05) is 91.7 Å². The molecule has 0 rings (SSSR count). The van der Waals surface area contributed by atoms with Crippen molar-refractivity contribution in [1.82, 2.24) is 0 Å². The smallest absolute Gasteiger partial charge is 0.172 e. The summed E-state index contributed by atoms with van der Waals surface area (Å²) in [4.78, 5) is 0. The SMILES string of the molecule is CCCC.CCCC.CCCC.FC(F)=CCl.[Sn]. The van der Waals surface area contributed by atoms with Crippen molar-refractivity contribution in [1.29, 1.82) is 0 Å². The van der Waals surface area contributed by atoms with Crippen molar-refractivity contribution in [3.63, 3.8) is 0 Å². The standard InChI is InChI=1S/3C4H10.C2HClF2.Sn/c3*1-3-4-2;3-1-2(4)5;/h3*3-4H2,1-2H3;1H;. The first-order valence-corrected chi connectivity index (χ1v) is 7.06. The molecule has 0 aliphatic carbocycles. The molecule has 0 saturated heterocycles. The third-order valence-electron chi connectivity index (χ3n) is 1.58. The van der Waals surface area contributed by atoms with Crippen LogP contribution in [0.4, 0.5) is 8.78 Å². The topological polar surface area (TPSA) is 0 Å². The van der Waals surface area contributed by atoms with E-state index in [9.17, 15) is 8.78 Å².